The first-order chi connectivity index (χ1) is 8.38. The highest BCUT2D eigenvalue weighted by molar-refractivity contribution is 6.30. The third-order valence-corrected chi connectivity index (χ3v) is 2.95. The third-order valence-electron chi connectivity index (χ3n) is 2.72. The molecular weight excluding hydrogens is 259 g/mol. The number of ether oxygens (including phenoxy) is 2. The lowest BCUT2D eigenvalue weighted by Gasteiger charge is -2.27. The van der Waals surface area contributed by atoms with Gasteiger partial charge < -0.3 is 14.6 Å². The van der Waals surface area contributed by atoms with Crippen LogP contribution in [0.2, 0.25) is 5.02 Å². The summed E-state index contributed by atoms with van der Waals surface area (Å²) in [7, 11) is 2.99. The molecule has 0 fully saturated rings. The fraction of sp³-hybridized carbons (Fsp3) is 0.538. The van der Waals surface area contributed by atoms with E-state index in [1.165, 1.54) is 20.3 Å². The first kappa shape index (κ1) is 15.4. The zero-order valence-corrected chi connectivity index (χ0v) is 11.5. The van der Waals surface area contributed by atoms with Gasteiger partial charge in [0.15, 0.2) is 6.29 Å². The molecule has 1 atom stereocenters. The topological polar surface area (TPSA) is 38.7 Å². The Morgan fingerprint density at radius 2 is 2.00 bits per heavy atom. The zero-order chi connectivity index (χ0) is 13.8. The quantitative estimate of drug-likeness (QED) is 0.812. The minimum Gasteiger partial charge on any atom is -0.390 e. The van der Waals surface area contributed by atoms with Crippen molar-refractivity contribution in [1.82, 2.24) is 0 Å². The molecule has 0 heterocycles. The van der Waals surface area contributed by atoms with Gasteiger partial charge in [-0.3, -0.25) is 0 Å². The first-order valence-corrected chi connectivity index (χ1v) is 5.97. The highest BCUT2D eigenvalue weighted by Crippen LogP contribution is 2.23. The highest BCUT2D eigenvalue weighted by Gasteiger charge is 2.27. The summed E-state index contributed by atoms with van der Waals surface area (Å²) < 4.78 is 23.7. The SMILES string of the molecule is COC(CC(C)(O)Cc1ccc(Cl)cc1F)OC. The van der Waals surface area contributed by atoms with E-state index >= 15 is 0 Å². The molecule has 0 bridgehead atoms. The summed E-state index contributed by atoms with van der Waals surface area (Å²) in [6.45, 7) is 1.62. The van der Waals surface area contributed by atoms with Crippen molar-refractivity contribution in [2.75, 3.05) is 14.2 Å². The maximum atomic E-state index is 13.6. The molecule has 0 aliphatic carbocycles. The lowest BCUT2D eigenvalue weighted by atomic mass is 9.92. The standard InChI is InChI=1S/C13H18ClFO3/c1-13(16,8-12(17-2)18-3)7-9-4-5-10(14)6-11(9)15/h4-6,12,16H,7-8H2,1-3H3. The van der Waals surface area contributed by atoms with Crippen LogP contribution in [0, 0.1) is 5.82 Å². The minimum atomic E-state index is -1.12. The highest BCUT2D eigenvalue weighted by atomic mass is 35.5. The van der Waals surface area contributed by atoms with E-state index in [4.69, 9.17) is 21.1 Å². The fourth-order valence-electron chi connectivity index (χ4n) is 1.77. The van der Waals surface area contributed by atoms with Gasteiger partial charge >= 0.3 is 0 Å². The van der Waals surface area contributed by atoms with Gasteiger partial charge in [-0.15, -0.1) is 0 Å². The second kappa shape index (κ2) is 6.48. The van der Waals surface area contributed by atoms with Crippen LogP contribution in [0.3, 0.4) is 0 Å². The fourth-order valence-corrected chi connectivity index (χ4v) is 1.93. The maximum absolute atomic E-state index is 13.6. The van der Waals surface area contributed by atoms with Gasteiger partial charge in [-0.2, -0.15) is 0 Å². The van der Waals surface area contributed by atoms with Crippen LogP contribution in [0.4, 0.5) is 4.39 Å². The molecule has 0 spiro atoms. The lowest BCUT2D eigenvalue weighted by molar-refractivity contribution is -0.139. The Kier molecular flexibility index (Phi) is 5.53. The minimum absolute atomic E-state index is 0.166. The molecule has 0 aliphatic rings. The van der Waals surface area contributed by atoms with E-state index in [0.29, 0.717) is 10.6 Å². The van der Waals surface area contributed by atoms with Crippen molar-refractivity contribution in [2.45, 2.75) is 31.7 Å². The van der Waals surface area contributed by atoms with Crippen LogP contribution < -0.4 is 0 Å². The van der Waals surface area contributed by atoms with Crippen LogP contribution in [0.1, 0.15) is 18.9 Å². The molecule has 0 saturated heterocycles. The molecule has 0 aliphatic heterocycles. The Morgan fingerprint density at radius 1 is 1.39 bits per heavy atom. The zero-order valence-electron chi connectivity index (χ0n) is 10.7. The van der Waals surface area contributed by atoms with Crippen molar-refractivity contribution in [3.63, 3.8) is 0 Å². The smallest absolute Gasteiger partial charge is 0.159 e. The number of aliphatic hydroxyl groups is 1. The number of benzene rings is 1. The van der Waals surface area contributed by atoms with E-state index < -0.39 is 17.7 Å². The molecule has 0 radical (unpaired) electrons. The van der Waals surface area contributed by atoms with Crippen molar-refractivity contribution in [3.8, 4) is 0 Å². The van der Waals surface area contributed by atoms with Gasteiger partial charge in [0.1, 0.15) is 5.82 Å². The van der Waals surface area contributed by atoms with Crippen LogP contribution in [0.25, 0.3) is 0 Å². The molecule has 0 aromatic heterocycles. The van der Waals surface area contributed by atoms with Crippen molar-refractivity contribution in [2.24, 2.45) is 0 Å². The van der Waals surface area contributed by atoms with E-state index in [1.807, 2.05) is 0 Å². The molecule has 3 nitrogen and oxygen atoms in total. The third kappa shape index (κ3) is 4.53. The summed E-state index contributed by atoms with van der Waals surface area (Å²) in [6.07, 6.45) is -0.100. The average molecular weight is 277 g/mol. The number of methoxy groups -OCH3 is 2. The Hall–Kier alpha value is -0.680. The molecule has 1 unspecified atom stereocenters. The van der Waals surface area contributed by atoms with Gasteiger partial charge in [0.2, 0.25) is 0 Å². The lowest BCUT2D eigenvalue weighted by Crippen LogP contribution is -2.34. The molecule has 1 aromatic carbocycles. The van der Waals surface area contributed by atoms with Crippen LogP contribution in [-0.2, 0) is 15.9 Å². The van der Waals surface area contributed by atoms with Gasteiger partial charge in [0.25, 0.3) is 0 Å². The second-order valence-electron chi connectivity index (χ2n) is 4.51. The molecular formula is C13H18ClFO3. The summed E-state index contributed by atoms with van der Waals surface area (Å²) in [5.41, 5.74) is -0.707. The van der Waals surface area contributed by atoms with E-state index in [9.17, 15) is 9.50 Å². The molecule has 1 rings (SSSR count). The Morgan fingerprint density at radius 3 is 2.50 bits per heavy atom. The van der Waals surface area contributed by atoms with Gasteiger partial charge in [-0.05, 0) is 24.6 Å². The van der Waals surface area contributed by atoms with Crippen LogP contribution >= 0.6 is 11.6 Å². The number of halogens is 2. The maximum Gasteiger partial charge on any atom is 0.159 e. The first-order valence-electron chi connectivity index (χ1n) is 5.60. The summed E-state index contributed by atoms with van der Waals surface area (Å²) >= 11 is 5.67. The molecule has 0 saturated carbocycles. The molecule has 18 heavy (non-hydrogen) atoms. The van der Waals surface area contributed by atoms with Gasteiger partial charge in [0.05, 0.1) is 5.60 Å². The van der Waals surface area contributed by atoms with Crippen molar-refractivity contribution in [3.05, 3.63) is 34.6 Å². The van der Waals surface area contributed by atoms with Gasteiger partial charge in [-0.1, -0.05) is 17.7 Å². The van der Waals surface area contributed by atoms with E-state index in [-0.39, 0.29) is 12.8 Å². The summed E-state index contributed by atoms with van der Waals surface area (Å²) in [5.74, 6) is -0.422. The summed E-state index contributed by atoms with van der Waals surface area (Å²) in [5, 5.41) is 10.6. The summed E-state index contributed by atoms with van der Waals surface area (Å²) in [6, 6.07) is 4.40. The Labute approximate surface area is 111 Å². The average Bonchev–Trinajstić information content (AvgIpc) is 2.30. The van der Waals surface area contributed by atoms with Gasteiger partial charge in [0, 0.05) is 32.1 Å². The molecule has 5 heteroatoms. The molecule has 102 valence electrons. The van der Waals surface area contributed by atoms with E-state index in [2.05, 4.69) is 0 Å². The van der Waals surface area contributed by atoms with Crippen molar-refractivity contribution >= 4 is 11.6 Å². The number of hydrogen-bond acceptors (Lipinski definition) is 3. The predicted octanol–water partition coefficient (Wildman–Crippen LogP) is 2.78. The van der Waals surface area contributed by atoms with Gasteiger partial charge in [-0.25, -0.2) is 4.39 Å². The number of rotatable bonds is 6. The van der Waals surface area contributed by atoms with Crippen molar-refractivity contribution in [1.29, 1.82) is 0 Å². The van der Waals surface area contributed by atoms with Crippen LogP contribution in [0.15, 0.2) is 18.2 Å². The molecule has 1 aromatic rings. The van der Waals surface area contributed by atoms with E-state index in [0.717, 1.165) is 0 Å². The normalized spacial score (nSPS) is 14.8. The Bertz CT molecular complexity index is 392. The molecule has 1 N–H and O–H groups in total. The largest absolute Gasteiger partial charge is 0.390 e. The molecule has 0 amide bonds. The van der Waals surface area contributed by atoms with Crippen LogP contribution in [0.5, 0.6) is 0 Å². The van der Waals surface area contributed by atoms with Crippen molar-refractivity contribution < 1.29 is 19.0 Å². The van der Waals surface area contributed by atoms with E-state index in [1.54, 1.807) is 19.1 Å². The van der Waals surface area contributed by atoms with Crippen LogP contribution in [-0.4, -0.2) is 31.2 Å². The number of hydrogen-bond donors (Lipinski definition) is 1. The second-order valence-corrected chi connectivity index (χ2v) is 4.95. The monoisotopic (exact) mass is 276 g/mol. The predicted molar refractivity (Wildman–Crippen MR) is 68.2 cm³/mol. The summed E-state index contributed by atoms with van der Waals surface area (Å²) in [4.78, 5) is 0. The Balaban J connectivity index is 2.75.